The molecule has 1 saturated carbocycles. The molecule has 1 aromatic carbocycles. The standard InChI is InChI=1S/C18H27NO2S/c1-12-6-5-7-13(2)17(12)19-18(20)14(3)22-16-10-8-15(21-4)9-11-16/h8-14,17H,5-7H2,1-4H3,(H,19,20). The summed E-state index contributed by atoms with van der Waals surface area (Å²) in [5.41, 5.74) is 0. The van der Waals surface area contributed by atoms with Crippen LogP contribution in [0, 0.1) is 11.8 Å². The van der Waals surface area contributed by atoms with E-state index in [-0.39, 0.29) is 11.2 Å². The van der Waals surface area contributed by atoms with E-state index in [9.17, 15) is 4.79 Å². The predicted octanol–water partition coefficient (Wildman–Crippen LogP) is 4.12. The zero-order chi connectivity index (χ0) is 16.1. The first-order valence-electron chi connectivity index (χ1n) is 8.12. The molecule has 0 aliphatic heterocycles. The molecule has 4 heteroatoms. The van der Waals surface area contributed by atoms with E-state index < -0.39 is 0 Å². The molecule has 1 amide bonds. The third kappa shape index (κ3) is 4.42. The predicted molar refractivity (Wildman–Crippen MR) is 92.4 cm³/mol. The third-order valence-electron chi connectivity index (χ3n) is 4.60. The van der Waals surface area contributed by atoms with Gasteiger partial charge in [0.25, 0.3) is 0 Å². The highest BCUT2D eigenvalue weighted by Gasteiger charge is 2.30. The quantitative estimate of drug-likeness (QED) is 0.829. The van der Waals surface area contributed by atoms with Gasteiger partial charge in [0.15, 0.2) is 0 Å². The molecule has 0 heterocycles. The van der Waals surface area contributed by atoms with Gasteiger partial charge in [-0.2, -0.15) is 0 Å². The van der Waals surface area contributed by atoms with Crippen molar-refractivity contribution in [1.82, 2.24) is 5.32 Å². The molecule has 1 fully saturated rings. The molecule has 1 aliphatic carbocycles. The Bertz CT molecular complexity index is 478. The molecule has 0 spiro atoms. The summed E-state index contributed by atoms with van der Waals surface area (Å²) < 4.78 is 5.16. The second kappa shape index (κ2) is 7.91. The number of carbonyl (C=O) groups excluding carboxylic acids is 1. The van der Waals surface area contributed by atoms with Crippen LogP contribution in [0.5, 0.6) is 5.75 Å². The van der Waals surface area contributed by atoms with Crippen LogP contribution in [0.25, 0.3) is 0 Å². The van der Waals surface area contributed by atoms with Gasteiger partial charge in [0.05, 0.1) is 12.4 Å². The number of methoxy groups -OCH3 is 1. The van der Waals surface area contributed by atoms with Crippen molar-refractivity contribution in [2.45, 2.75) is 56.2 Å². The fourth-order valence-corrected chi connectivity index (χ4v) is 4.04. The van der Waals surface area contributed by atoms with Gasteiger partial charge in [0, 0.05) is 10.9 Å². The summed E-state index contributed by atoms with van der Waals surface area (Å²) in [4.78, 5) is 13.6. The van der Waals surface area contributed by atoms with Crippen molar-refractivity contribution in [2.75, 3.05) is 7.11 Å². The SMILES string of the molecule is COc1ccc(SC(C)C(=O)NC2C(C)CCCC2C)cc1. The van der Waals surface area contributed by atoms with Crippen LogP contribution in [-0.2, 0) is 4.79 Å². The highest BCUT2D eigenvalue weighted by molar-refractivity contribution is 8.00. The number of amides is 1. The van der Waals surface area contributed by atoms with E-state index in [1.165, 1.54) is 19.3 Å². The molecule has 3 atom stereocenters. The normalized spacial score (nSPS) is 26.3. The topological polar surface area (TPSA) is 38.3 Å². The fourth-order valence-electron chi connectivity index (χ4n) is 3.16. The van der Waals surface area contributed by atoms with E-state index in [1.54, 1.807) is 18.9 Å². The van der Waals surface area contributed by atoms with Crippen LogP contribution in [0.3, 0.4) is 0 Å². The number of carbonyl (C=O) groups is 1. The summed E-state index contributed by atoms with van der Waals surface area (Å²) in [5, 5.41) is 3.19. The minimum atomic E-state index is -0.0882. The monoisotopic (exact) mass is 321 g/mol. The molecule has 1 aromatic rings. The lowest BCUT2D eigenvalue weighted by Crippen LogP contribution is -2.48. The van der Waals surface area contributed by atoms with E-state index in [1.807, 2.05) is 31.2 Å². The largest absolute Gasteiger partial charge is 0.497 e. The van der Waals surface area contributed by atoms with Crippen LogP contribution in [0.2, 0.25) is 0 Å². The summed E-state index contributed by atoms with van der Waals surface area (Å²) in [6, 6.07) is 8.18. The number of nitrogens with one attached hydrogen (secondary N) is 1. The number of hydrogen-bond acceptors (Lipinski definition) is 3. The van der Waals surface area contributed by atoms with Gasteiger partial charge in [-0.25, -0.2) is 0 Å². The summed E-state index contributed by atoms with van der Waals surface area (Å²) >= 11 is 1.59. The van der Waals surface area contributed by atoms with E-state index in [4.69, 9.17) is 4.74 Å². The number of thioether (sulfide) groups is 1. The lowest BCUT2D eigenvalue weighted by atomic mass is 9.78. The van der Waals surface area contributed by atoms with Crippen molar-refractivity contribution < 1.29 is 9.53 Å². The van der Waals surface area contributed by atoms with Crippen LogP contribution in [0.4, 0.5) is 0 Å². The fraction of sp³-hybridized carbons (Fsp3) is 0.611. The molecule has 122 valence electrons. The van der Waals surface area contributed by atoms with E-state index in [2.05, 4.69) is 19.2 Å². The van der Waals surface area contributed by atoms with E-state index in [0.717, 1.165) is 10.6 Å². The van der Waals surface area contributed by atoms with E-state index >= 15 is 0 Å². The molecule has 1 aliphatic rings. The maximum Gasteiger partial charge on any atom is 0.233 e. The van der Waals surface area contributed by atoms with Crippen LogP contribution < -0.4 is 10.1 Å². The summed E-state index contributed by atoms with van der Waals surface area (Å²) in [5.74, 6) is 2.13. The minimum Gasteiger partial charge on any atom is -0.497 e. The van der Waals surface area contributed by atoms with Gasteiger partial charge >= 0.3 is 0 Å². The highest BCUT2D eigenvalue weighted by atomic mass is 32.2. The summed E-state index contributed by atoms with van der Waals surface area (Å²) in [7, 11) is 1.66. The van der Waals surface area contributed by atoms with Crippen LogP contribution in [0.15, 0.2) is 29.2 Å². The number of benzene rings is 1. The van der Waals surface area contributed by atoms with Crippen LogP contribution >= 0.6 is 11.8 Å². The minimum absolute atomic E-state index is 0.0882. The second-order valence-corrected chi connectivity index (χ2v) is 7.77. The zero-order valence-corrected chi connectivity index (χ0v) is 14.8. The van der Waals surface area contributed by atoms with Crippen molar-refractivity contribution in [3.05, 3.63) is 24.3 Å². The van der Waals surface area contributed by atoms with Crippen molar-refractivity contribution in [3.63, 3.8) is 0 Å². The number of hydrogen-bond donors (Lipinski definition) is 1. The average Bonchev–Trinajstić information content (AvgIpc) is 2.51. The molecule has 3 nitrogen and oxygen atoms in total. The molecular formula is C18H27NO2S. The van der Waals surface area contributed by atoms with Gasteiger partial charge in [0.2, 0.25) is 5.91 Å². The molecule has 0 radical (unpaired) electrons. The highest BCUT2D eigenvalue weighted by Crippen LogP contribution is 2.30. The van der Waals surface area contributed by atoms with Crippen molar-refractivity contribution in [1.29, 1.82) is 0 Å². The Labute approximate surface area is 138 Å². The van der Waals surface area contributed by atoms with Crippen molar-refractivity contribution in [2.24, 2.45) is 11.8 Å². The lowest BCUT2D eigenvalue weighted by molar-refractivity contribution is -0.122. The van der Waals surface area contributed by atoms with Gasteiger partial charge in [-0.05, 0) is 55.9 Å². The molecule has 0 saturated heterocycles. The maximum absolute atomic E-state index is 12.5. The smallest absolute Gasteiger partial charge is 0.233 e. The van der Waals surface area contributed by atoms with Gasteiger partial charge < -0.3 is 10.1 Å². The van der Waals surface area contributed by atoms with Crippen LogP contribution in [-0.4, -0.2) is 24.3 Å². The Morgan fingerprint density at radius 1 is 1.23 bits per heavy atom. The Morgan fingerprint density at radius 2 is 1.82 bits per heavy atom. The first-order valence-corrected chi connectivity index (χ1v) is 9.00. The maximum atomic E-state index is 12.5. The van der Waals surface area contributed by atoms with Gasteiger partial charge in [-0.3, -0.25) is 4.79 Å². The molecule has 1 N–H and O–H groups in total. The lowest BCUT2D eigenvalue weighted by Gasteiger charge is -2.35. The van der Waals surface area contributed by atoms with Gasteiger partial charge in [0.1, 0.15) is 5.75 Å². The molecule has 0 bridgehead atoms. The molecule has 3 unspecified atom stereocenters. The molecule has 2 rings (SSSR count). The number of ether oxygens (including phenoxy) is 1. The van der Waals surface area contributed by atoms with E-state index in [0.29, 0.717) is 17.9 Å². The molecular weight excluding hydrogens is 294 g/mol. The Kier molecular flexibility index (Phi) is 6.18. The second-order valence-electron chi connectivity index (χ2n) is 6.36. The first kappa shape index (κ1) is 17.2. The Morgan fingerprint density at radius 3 is 2.36 bits per heavy atom. The van der Waals surface area contributed by atoms with Gasteiger partial charge in [-0.15, -0.1) is 11.8 Å². The van der Waals surface area contributed by atoms with Crippen LogP contribution in [0.1, 0.15) is 40.0 Å². The van der Waals surface area contributed by atoms with Crippen molar-refractivity contribution >= 4 is 17.7 Å². The Balaban J connectivity index is 1.90. The summed E-state index contributed by atoms with van der Waals surface area (Å²) in [6.45, 7) is 6.48. The summed E-state index contributed by atoms with van der Waals surface area (Å²) in [6.07, 6.45) is 3.72. The molecule has 0 aromatic heterocycles. The average molecular weight is 321 g/mol. The van der Waals surface area contributed by atoms with Gasteiger partial charge in [-0.1, -0.05) is 20.3 Å². The van der Waals surface area contributed by atoms with Crippen molar-refractivity contribution in [3.8, 4) is 5.75 Å². The molecule has 22 heavy (non-hydrogen) atoms. The zero-order valence-electron chi connectivity index (χ0n) is 14.0. The first-order chi connectivity index (χ1) is 10.5. The Hall–Kier alpha value is -1.16. The number of rotatable bonds is 5. The third-order valence-corrected chi connectivity index (χ3v) is 5.71.